The summed E-state index contributed by atoms with van der Waals surface area (Å²) >= 11 is 0. The quantitative estimate of drug-likeness (QED) is 0.903. The van der Waals surface area contributed by atoms with Crippen LogP contribution >= 0.6 is 0 Å². The summed E-state index contributed by atoms with van der Waals surface area (Å²) in [6, 6.07) is 3.46. The summed E-state index contributed by atoms with van der Waals surface area (Å²) in [5.74, 6) is 0.286. The van der Waals surface area contributed by atoms with Gasteiger partial charge in [0, 0.05) is 43.7 Å². The Morgan fingerprint density at radius 1 is 1.44 bits per heavy atom. The lowest BCUT2D eigenvalue weighted by molar-refractivity contribution is 0.00306. The molecule has 3 heterocycles. The van der Waals surface area contributed by atoms with E-state index in [9.17, 15) is 9.59 Å². The highest BCUT2D eigenvalue weighted by Gasteiger charge is 2.48. The van der Waals surface area contributed by atoms with Crippen LogP contribution in [0.4, 0.5) is 10.6 Å². The maximum absolute atomic E-state index is 12.6. The Morgan fingerprint density at radius 2 is 2.16 bits per heavy atom. The number of anilines is 1. The molecular formula is C18H26N4O3. The van der Waals surface area contributed by atoms with Gasteiger partial charge in [0.05, 0.1) is 6.54 Å². The predicted octanol–water partition coefficient (Wildman–Crippen LogP) is 2.28. The summed E-state index contributed by atoms with van der Waals surface area (Å²) in [4.78, 5) is 32.4. The summed E-state index contributed by atoms with van der Waals surface area (Å²) in [6.07, 6.45) is 4.66. The monoisotopic (exact) mass is 346 g/mol. The highest BCUT2D eigenvalue weighted by Crippen LogP contribution is 2.35. The first-order valence-electron chi connectivity index (χ1n) is 8.94. The maximum atomic E-state index is 12.6. The Balaban J connectivity index is 1.62. The summed E-state index contributed by atoms with van der Waals surface area (Å²) in [5, 5.41) is 0. The number of ether oxygens (including phenoxy) is 1. The van der Waals surface area contributed by atoms with Crippen molar-refractivity contribution < 1.29 is 14.3 Å². The molecular weight excluding hydrogens is 320 g/mol. The van der Waals surface area contributed by atoms with Crippen LogP contribution in [0.1, 0.15) is 49.9 Å². The molecule has 2 fully saturated rings. The smallest absolute Gasteiger partial charge is 0.410 e. The summed E-state index contributed by atoms with van der Waals surface area (Å²) in [5.41, 5.74) is 5.75. The van der Waals surface area contributed by atoms with Gasteiger partial charge in [0.25, 0.3) is 5.91 Å². The van der Waals surface area contributed by atoms with Crippen LogP contribution in [0.5, 0.6) is 0 Å². The number of nitrogens with zero attached hydrogens (tertiary/aromatic N) is 3. The molecule has 7 heteroatoms. The number of rotatable bonds is 4. The van der Waals surface area contributed by atoms with Gasteiger partial charge in [-0.05, 0) is 25.5 Å². The molecule has 2 amide bonds. The van der Waals surface area contributed by atoms with Crippen molar-refractivity contribution in [3.63, 3.8) is 0 Å². The topological polar surface area (TPSA) is 88.8 Å². The van der Waals surface area contributed by atoms with E-state index in [-0.39, 0.29) is 18.0 Å². The molecule has 1 aromatic heterocycles. The van der Waals surface area contributed by atoms with Crippen molar-refractivity contribution in [1.82, 2.24) is 14.8 Å². The van der Waals surface area contributed by atoms with Crippen LogP contribution in [0, 0.1) is 0 Å². The number of pyridine rings is 1. The third-order valence-electron chi connectivity index (χ3n) is 5.23. The van der Waals surface area contributed by atoms with E-state index in [4.69, 9.17) is 10.5 Å². The molecule has 0 radical (unpaired) electrons. The molecule has 1 atom stereocenters. The maximum Gasteiger partial charge on any atom is 0.410 e. The lowest BCUT2D eigenvalue weighted by atomic mass is 9.90. The van der Waals surface area contributed by atoms with Gasteiger partial charge in [-0.15, -0.1) is 0 Å². The Morgan fingerprint density at radius 3 is 2.80 bits per heavy atom. The van der Waals surface area contributed by atoms with E-state index in [1.54, 1.807) is 23.2 Å². The number of hydrogen-bond acceptors (Lipinski definition) is 5. The molecule has 0 aliphatic carbocycles. The molecule has 136 valence electrons. The Bertz CT molecular complexity index is 655. The normalized spacial score (nSPS) is 20.6. The van der Waals surface area contributed by atoms with Crippen LogP contribution in [-0.2, 0) is 4.74 Å². The van der Waals surface area contributed by atoms with Crippen molar-refractivity contribution in [1.29, 1.82) is 0 Å². The van der Waals surface area contributed by atoms with Crippen molar-refractivity contribution >= 4 is 17.8 Å². The molecule has 2 aliphatic rings. The summed E-state index contributed by atoms with van der Waals surface area (Å²) in [6.45, 7) is 5.95. The molecule has 0 bridgehead atoms. The highest BCUT2D eigenvalue weighted by molar-refractivity contribution is 5.94. The fourth-order valence-corrected chi connectivity index (χ4v) is 3.70. The zero-order chi connectivity index (χ0) is 18.0. The summed E-state index contributed by atoms with van der Waals surface area (Å²) < 4.78 is 5.74. The first-order chi connectivity index (χ1) is 11.9. The highest BCUT2D eigenvalue weighted by atomic mass is 16.6. The van der Waals surface area contributed by atoms with Gasteiger partial charge in [0.1, 0.15) is 11.4 Å². The molecule has 3 rings (SSSR count). The van der Waals surface area contributed by atoms with Crippen LogP contribution in [-0.4, -0.2) is 58.1 Å². The van der Waals surface area contributed by atoms with Gasteiger partial charge in [0.2, 0.25) is 0 Å². The average Bonchev–Trinajstić information content (AvgIpc) is 2.91. The van der Waals surface area contributed by atoms with Crippen LogP contribution in [0.3, 0.4) is 0 Å². The van der Waals surface area contributed by atoms with E-state index in [1.165, 1.54) is 0 Å². The molecule has 25 heavy (non-hydrogen) atoms. The second-order valence-electron chi connectivity index (χ2n) is 7.08. The fraction of sp³-hybridized carbons (Fsp3) is 0.611. The number of hydrogen-bond donors (Lipinski definition) is 1. The van der Waals surface area contributed by atoms with Gasteiger partial charge in [-0.3, -0.25) is 4.79 Å². The lowest BCUT2D eigenvalue weighted by Crippen LogP contribution is -2.49. The van der Waals surface area contributed by atoms with Gasteiger partial charge in [-0.2, -0.15) is 0 Å². The minimum absolute atomic E-state index is 0.0514. The van der Waals surface area contributed by atoms with E-state index in [2.05, 4.69) is 18.8 Å². The minimum Gasteiger partial charge on any atom is -0.441 e. The molecule has 2 saturated heterocycles. The lowest BCUT2D eigenvalue weighted by Gasteiger charge is -2.37. The largest absolute Gasteiger partial charge is 0.441 e. The minimum atomic E-state index is -0.451. The number of nitrogens with two attached hydrogens (primary N) is 1. The van der Waals surface area contributed by atoms with Crippen molar-refractivity contribution in [2.45, 2.75) is 51.2 Å². The third kappa shape index (κ3) is 3.55. The van der Waals surface area contributed by atoms with E-state index in [0.717, 1.165) is 12.8 Å². The van der Waals surface area contributed by atoms with Crippen molar-refractivity contribution in [3.8, 4) is 0 Å². The van der Waals surface area contributed by atoms with Gasteiger partial charge >= 0.3 is 6.09 Å². The molecule has 1 aromatic rings. The van der Waals surface area contributed by atoms with Crippen LogP contribution in [0.25, 0.3) is 0 Å². The third-order valence-corrected chi connectivity index (χ3v) is 5.23. The SMILES string of the molecule is CCC[C@H](C)N1CC2(CCN(C(=O)c3ccnc(N)c3)CC2)OC1=O. The standard InChI is InChI=1S/C18H26N4O3/c1-3-4-13(2)22-12-18(25-17(22)24)6-9-21(10-7-18)16(23)14-5-8-20-15(19)11-14/h5,8,11,13H,3-4,6-7,9-10,12H2,1-2H3,(H2,19,20)/t13-/m0/s1. The van der Waals surface area contributed by atoms with Gasteiger partial charge in [-0.1, -0.05) is 13.3 Å². The van der Waals surface area contributed by atoms with Crippen LogP contribution in [0.2, 0.25) is 0 Å². The van der Waals surface area contributed by atoms with E-state index in [0.29, 0.717) is 43.9 Å². The summed E-state index contributed by atoms with van der Waals surface area (Å²) in [7, 11) is 0. The number of amides is 2. The Hall–Kier alpha value is -2.31. The number of carbonyl (C=O) groups excluding carboxylic acids is 2. The van der Waals surface area contributed by atoms with Crippen molar-refractivity contribution in [2.75, 3.05) is 25.4 Å². The second-order valence-corrected chi connectivity index (χ2v) is 7.08. The van der Waals surface area contributed by atoms with E-state index in [1.807, 2.05) is 4.90 Å². The first kappa shape index (κ1) is 17.5. The first-order valence-corrected chi connectivity index (χ1v) is 8.94. The van der Waals surface area contributed by atoms with E-state index < -0.39 is 5.60 Å². The average molecular weight is 346 g/mol. The van der Waals surface area contributed by atoms with Crippen molar-refractivity contribution in [3.05, 3.63) is 23.9 Å². The van der Waals surface area contributed by atoms with Gasteiger partial charge < -0.3 is 20.3 Å². The molecule has 0 unspecified atom stereocenters. The number of likely N-dealkylation sites (tertiary alicyclic amines) is 1. The number of carbonyl (C=O) groups is 2. The van der Waals surface area contributed by atoms with Crippen LogP contribution < -0.4 is 5.73 Å². The second kappa shape index (κ2) is 6.90. The van der Waals surface area contributed by atoms with Crippen LogP contribution in [0.15, 0.2) is 18.3 Å². The molecule has 2 aliphatic heterocycles. The number of nitrogen functional groups attached to an aromatic ring is 1. The number of aromatic nitrogens is 1. The van der Waals surface area contributed by atoms with Gasteiger partial charge in [0.15, 0.2) is 0 Å². The fourth-order valence-electron chi connectivity index (χ4n) is 3.70. The molecule has 0 saturated carbocycles. The molecule has 2 N–H and O–H groups in total. The molecule has 0 aromatic carbocycles. The van der Waals surface area contributed by atoms with Crippen molar-refractivity contribution in [2.24, 2.45) is 0 Å². The molecule has 1 spiro atoms. The predicted molar refractivity (Wildman–Crippen MR) is 94.1 cm³/mol. The zero-order valence-corrected chi connectivity index (χ0v) is 14.9. The Kier molecular flexibility index (Phi) is 4.83. The van der Waals surface area contributed by atoms with E-state index >= 15 is 0 Å². The van der Waals surface area contributed by atoms with Gasteiger partial charge in [-0.25, -0.2) is 9.78 Å². The Labute approximate surface area is 148 Å². The zero-order valence-electron chi connectivity index (χ0n) is 14.9. The molecule has 7 nitrogen and oxygen atoms in total. The number of piperidine rings is 1.